The molecule has 0 aromatic heterocycles. The molecule has 0 radical (unpaired) electrons. The van der Waals surface area contributed by atoms with Gasteiger partial charge in [0.25, 0.3) is 10.1 Å². The van der Waals surface area contributed by atoms with Gasteiger partial charge in [0.2, 0.25) is 0 Å². The van der Waals surface area contributed by atoms with Crippen LogP contribution in [0.4, 0.5) is 0 Å². The molecule has 0 aliphatic rings. The molecule has 4 heteroatoms. The van der Waals surface area contributed by atoms with Gasteiger partial charge in [-0.3, -0.25) is 4.55 Å². The Bertz CT molecular complexity index is 171. The average molecular weight is 166 g/mol. The number of rotatable bonds is 4. The minimum absolute atomic E-state index is 0.0694. The first-order valence-corrected chi connectivity index (χ1v) is 5.01. The zero-order valence-corrected chi connectivity index (χ0v) is 7.19. The Hall–Kier alpha value is -0.0900. The van der Waals surface area contributed by atoms with Gasteiger partial charge in [0, 0.05) is 0 Å². The van der Waals surface area contributed by atoms with Crippen molar-refractivity contribution in [1.29, 1.82) is 0 Å². The van der Waals surface area contributed by atoms with E-state index < -0.39 is 10.1 Å². The first kappa shape index (κ1) is 9.91. The molecule has 0 heterocycles. The summed E-state index contributed by atoms with van der Waals surface area (Å²) in [5.74, 6) is -0.0408. The molecule has 0 saturated heterocycles. The predicted octanol–water partition coefficient (Wildman–Crippen LogP) is 1.31. The van der Waals surface area contributed by atoms with Gasteiger partial charge in [-0.25, -0.2) is 0 Å². The Morgan fingerprint density at radius 2 is 2.00 bits per heavy atom. The topological polar surface area (TPSA) is 54.4 Å². The maximum Gasteiger partial charge on any atom is 0.265 e. The summed E-state index contributed by atoms with van der Waals surface area (Å²) in [5.41, 5.74) is 0. The van der Waals surface area contributed by atoms with Crippen molar-refractivity contribution in [2.45, 2.75) is 26.7 Å². The van der Waals surface area contributed by atoms with Crippen LogP contribution in [0.5, 0.6) is 0 Å². The highest BCUT2D eigenvalue weighted by atomic mass is 32.2. The molecule has 0 spiro atoms. The van der Waals surface area contributed by atoms with Gasteiger partial charge in [-0.1, -0.05) is 20.3 Å². The molecule has 0 saturated carbocycles. The summed E-state index contributed by atoms with van der Waals surface area (Å²) in [4.78, 5) is 0. The minimum atomic E-state index is -3.75. The fourth-order valence-electron chi connectivity index (χ4n) is 0.936. The normalized spacial score (nSPS) is 15.1. The van der Waals surface area contributed by atoms with E-state index in [9.17, 15) is 8.42 Å². The molecular formula is C6H14O3S. The van der Waals surface area contributed by atoms with Crippen molar-refractivity contribution in [2.24, 2.45) is 5.92 Å². The van der Waals surface area contributed by atoms with Crippen LogP contribution >= 0.6 is 0 Å². The molecule has 1 unspecified atom stereocenters. The third-order valence-corrected chi connectivity index (χ3v) is 2.27. The predicted molar refractivity (Wildman–Crippen MR) is 40.5 cm³/mol. The van der Waals surface area contributed by atoms with Crippen molar-refractivity contribution >= 4 is 10.1 Å². The van der Waals surface area contributed by atoms with Crippen LogP contribution in [0, 0.1) is 5.92 Å². The third kappa shape index (κ3) is 6.04. The van der Waals surface area contributed by atoms with E-state index in [0.29, 0.717) is 0 Å². The molecule has 0 aromatic rings. The van der Waals surface area contributed by atoms with E-state index in [1.54, 1.807) is 0 Å². The largest absolute Gasteiger partial charge is 0.286 e. The standard InChI is InChI=1S/C6H14O3S/c1-3-4-6(2)5-10(7,8)9/h6H,3-5H2,1-2H3,(H,7,8,9). The molecule has 1 N–H and O–H groups in total. The lowest BCUT2D eigenvalue weighted by Gasteiger charge is -2.05. The quantitative estimate of drug-likeness (QED) is 0.641. The van der Waals surface area contributed by atoms with Gasteiger partial charge >= 0.3 is 0 Å². The second kappa shape index (κ2) is 3.93. The lowest BCUT2D eigenvalue weighted by Crippen LogP contribution is -2.11. The van der Waals surface area contributed by atoms with Crippen LogP contribution in [0.15, 0.2) is 0 Å². The van der Waals surface area contributed by atoms with E-state index >= 15 is 0 Å². The van der Waals surface area contributed by atoms with Gasteiger partial charge in [-0.2, -0.15) is 8.42 Å². The summed E-state index contributed by atoms with van der Waals surface area (Å²) in [6.07, 6.45) is 1.80. The van der Waals surface area contributed by atoms with Crippen molar-refractivity contribution in [3.05, 3.63) is 0 Å². The molecule has 1 atom stereocenters. The molecule has 0 fully saturated rings. The van der Waals surface area contributed by atoms with Crippen LogP contribution in [-0.4, -0.2) is 18.7 Å². The Labute approximate surface area is 62.2 Å². The van der Waals surface area contributed by atoms with Gasteiger partial charge < -0.3 is 0 Å². The van der Waals surface area contributed by atoms with Gasteiger partial charge in [0.1, 0.15) is 0 Å². The molecule has 10 heavy (non-hydrogen) atoms. The summed E-state index contributed by atoms with van der Waals surface area (Å²) >= 11 is 0. The Morgan fingerprint density at radius 3 is 2.30 bits per heavy atom. The number of hydrogen-bond acceptors (Lipinski definition) is 2. The molecule has 62 valence electrons. The van der Waals surface area contributed by atoms with Crippen molar-refractivity contribution in [2.75, 3.05) is 5.75 Å². The van der Waals surface area contributed by atoms with E-state index in [2.05, 4.69) is 0 Å². The van der Waals surface area contributed by atoms with E-state index in [4.69, 9.17) is 4.55 Å². The first-order chi connectivity index (χ1) is 4.45. The van der Waals surface area contributed by atoms with Gasteiger partial charge in [0.05, 0.1) is 5.75 Å². The fraction of sp³-hybridized carbons (Fsp3) is 1.00. The summed E-state index contributed by atoms with van der Waals surface area (Å²) in [6.45, 7) is 3.80. The van der Waals surface area contributed by atoms with Crippen LogP contribution in [0.1, 0.15) is 26.7 Å². The average Bonchev–Trinajstić information content (AvgIpc) is 1.59. The van der Waals surface area contributed by atoms with E-state index in [0.717, 1.165) is 12.8 Å². The highest BCUT2D eigenvalue weighted by Gasteiger charge is 2.10. The zero-order valence-electron chi connectivity index (χ0n) is 6.37. The highest BCUT2D eigenvalue weighted by Crippen LogP contribution is 2.06. The van der Waals surface area contributed by atoms with Crippen LogP contribution in [-0.2, 0) is 10.1 Å². The van der Waals surface area contributed by atoms with E-state index in [1.807, 2.05) is 13.8 Å². The van der Waals surface area contributed by atoms with Gasteiger partial charge in [-0.05, 0) is 12.3 Å². The second-order valence-electron chi connectivity index (χ2n) is 2.64. The fourth-order valence-corrected chi connectivity index (χ4v) is 1.82. The Morgan fingerprint density at radius 1 is 1.50 bits per heavy atom. The minimum Gasteiger partial charge on any atom is -0.286 e. The molecule has 0 rings (SSSR count). The van der Waals surface area contributed by atoms with Crippen molar-refractivity contribution in [1.82, 2.24) is 0 Å². The van der Waals surface area contributed by atoms with Crippen molar-refractivity contribution in [3.63, 3.8) is 0 Å². The van der Waals surface area contributed by atoms with Crippen molar-refractivity contribution in [3.8, 4) is 0 Å². The zero-order chi connectivity index (χ0) is 8.20. The SMILES string of the molecule is CCCC(C)CS(=O)(=O)O. The molecular weight excluding hydrogens is 152 g/mol. The molecule has 0 amide bonds. The van der Waals surface area contributed by atoms with E-state index in [1.165, 1.54) is 0 Å². The lowest BCUT2D eigenvalue weighted by molar-refractivity contribution is 0.462. The van der Waals surface area contributed by atoms with Crippen molar-refractivity contribution < 1.29 is 13.0 Å². The van der Waals surface area contributed by atoms with Gasteiger partial charge in [-0.15, -0.1) is 0 Å². The summed E-state index contributed by atoms with van der Waals surface area (Å²) in [6, 6.07) is 0. The van der Waals surface area contributed by atoms with E-state index in [-0.39, 0.29) is 11.7 Å². The summed E-state index contributed by atoms with van der Waals surface area (Å²) in [5, 5.41) is 0. The monoisotopic (exact) mass is 166 g/mol. The lowest BCUT2D eigenvalue weighted by atomic mass is 10.1. The van der Waals surface area contributed by atoms with Crippen LogP contribution in [0.2, 0.25) is 0 Å². The molecule has 0 aliphatic carbocycles. The second-order valence-corrected chi connectivity index (χ2v) is 4.14. The maximum atomic E-state index is 10.3. The maximum absolute atomic E-state index is 10.3. The highest BCUT2D eigenvalue weighted by molar-refractivity contribution is 7.85. The molecule has 0 aliphatic heterocycles. The molecule has 0 aromatic carbocycles. The van der Waals surface area contributed by atoms with Crippen LogP contribution in [0.3, 0.4) is 0 Å². The summed E-state index contributed by atoms with van der Waals surface area (Å²) in [7, 11) is -3.75. The van der Waals surface area contributed by atoms with Crippen LogP contribution in [0.25, 0.3) is 0 Å². The Kier molecular flexibility index (Phi) is 3.89. The summed E-state index contributed by atoms with van der Waals surface area (Å²) < 4.78 is 28.9. The third-order valence-electron chi connectivity index (χ3n) is 1.28. The first-order valence-electron chi connectivity index (χ1n) is 3.41. The molecule has 3 nitrogen and oxygen atoms in total. The van der Waals surface area contributed by atoms with Crippen LogP contribution < -0.4 is 0 Å². The molecule has 0 bridgehead atoms. The number of hydrogen-bond donors (Lipinski definition) is 1. The Balaban J connectivity index is 3.69. The smallest absolute Gasteiger partial charge is 0.265 e. The van der Waals surface area contributed by atoms with Gasteiger partial charge in [0.15, 0.2) is 0 Å².